The number of benzene rings is 2. The van der Waals surface area contributed by atoms with Gasteiger partial charge in [0, 0.05) is 23.3 Å². The number of anilines is 1. The second-order valence-corrected chi connectivity index (χ2v) is 8.90. The molecule has 1 fully saturated rings. The van der Waals surface area contributed by atoms with E-state index in [2.05, 4.69) is 10.3 Å². The number of halogens is 3. The molecule has 1 aliphatic heterocycles. The van der Waals surface area contributed by atoms with E-state index in [-0.39, 0.29) is 17.8 Å². The molecule has 35 heavy (non-hydrogen) atoms. The molecule has 0 unspecified atom stereocenters. The monoisotopic (exact) mass is 492 g/mol. The highest BCUT2D eigenvalue weighted by molar-refractivity contribution is 7.80. The zero-order valence-electron chi connectivity index (χ0n) is 19.1. The van der Waals surface area contributed by atoms with E-state index in [0.717, 1.165) is 28.7 Å². The molecule has 0 saturated carbocycles. The molecule has 5 rings (SSSR count). The van der Waals surface area contributed by atoms with Gasteiger partial charge in [0.15, 0.2) is 5.11 Å². The summed E-state index contributed by atoms with van der Waals surface area (Å²) in [6.07, 6.45) is -2.74. The van der Waals surface area contributed by atoms with E-state index in [9.17, 15) is 13.2 Å². The second kappa shape index (κ2) is 8.85. The maximum absolute atomic E-state index is 13.9. The SMILES string of the molecule is Cc1cc([C@H]2[C@H](c3ccccn3)NC(=S)N2c2ccccc2)c(C)n1-c1ccccc1C(F)(F)F. The van der Waals surface area contributed by atoms with Crippen LogP contribution in [0.2, 0.25) is 0 Å². The largest absolute Gasteiger partial charge is 0.418 e. The molecule has 2 atom stereocenters. The second-order valence-electron chi connectivity index (χ2n) is 8.51. The summed E-state index contributed by atoms with van der Waals surface area (Å²) >= 11 is 5.75. The third kappa shape index (κ3) is 4.08. The summed E-state index contributed by atoms with van der Waals surface area (Å²) in [7, 11) is 0. The van der Waals surface area contributed by atoms with Crippen LogP contribution in [0.15, 0.2) is 85.1 Å². The van der Waals surface area contributed by atoms with Crippen LogP contribution in [0.1, 0.15) is 40.3 Å². The fourth-order valence-corrected chi connectivity index (χ4v) is 5.25. The van der Waals surface area contributed by atoms with Gasteiger partial charge in [0.05, 0.1) is 29.0 Å². The number of aromatic nitrogens is 2. The number of para-hydroxylation sites is 2. The van der Waals surface area contributed by atoms with E-state index in [0.29, 0.717) is 10.8 Å². The molecule has 0 spiro atoms. The van der Waals surface area contributed by atoms with Crippen LogP contribution in [0.3, 0.4) is 0 Å². The summed E-state index contributed by atoms with van der Waals surface area (Å²) in [5.74, 6) is 0. The molecule has 1 aliphatic rings. The molecule has 1 N–H and O–H groups in total. The van der Waals surface area contributed by atoms with Crippen molar-refractivity contribution >= 4 is 23.0 Å². The van der Waals surface area contributed by atoms with Crippen molar-refractivity contribution in [3.8, 4) is 5.69 Å². The number of nitrogens with one attached hydrogen (secondary N) is 1. The van der Waals surface area contributed by atoms with Crippen LogP contribution in [0.5, 0.6) is 0 Å². The quantitative estimate of drug-likeness (QED) is 0.322. The lowest BCUT2D eigenvalue weighted by Gasteiger charge is -2.28. The summed E-state index contributed by atoms with van der Waals surface area (Å²) in [6, 6.07) is 22.5. The van der Waals surface area contributed by atoms with Crippen LogP contribution in [-0.4, -0.2) is 14.7 Å². The average Bonchev–Trinajstić information content (AvgIpc) is 3.34. The lowest BCUT2D eigenvalue weighted by atomic mass is 9.96. The molecular formula is C27H23F3N4S. The van der Waals surface area contributed by atoms with Gasteiger partial charge in [-0.25, -0.2) is 0 Å². The molecule has 1 saturated heterocycles. The van der Waals surface area contributed by atoms with Crippen molar-refractivity contribution in [1.82, 2.24) is 14.9 Å². The Morgan fingerprint density at radius 3 is 2.29 bits per heavy atom. The Labute approximate surface area is 207 Å². The molecule has 2 aromatic carbocycles. The zero-order chi connectivity index (χ0) is 24.7. The van der Waals surface area contributed by atoms with E-state index in [1.54, 1.807) is 16.8 Å². The van der Waals surface area contributed by atoms with Crippen molar-refractivity contribution < 1.29 is 13.2 Å². The van der Waals surface area contributed by atoms with Crippen LogP contribution in [0.25, 0.3) is 5.69 Å². The van der Waals surface area contributed by atoms with Crippen molar-refractivity contribution in [3.05, 3.63) is 113 Å². The molecule has 4 aromatic rings. The first-order valence-corrected chi connectivity index (χ1v) is 11.6. The van der Waals surface area contributed by atoms with Crippen LogP contribution in [-0.2, 0) is 6.18 Å². The molecular weight excluding hydrogens is 469 g/mol. The van der Waals surface area contributed by atoms with Crippen molar-refractivity contribution in [3.63, 3.8) is 0 Å². The highest BCUT2D eigenvalue weighted by Gasteiger charge is 2.42. The summed E-state index contributed by atoms with van der Waals surface area (Å²) in [5, 5.41) is 3.94. The highest BCUT2D eigenvalue weighted by Crippen LogP contribution is 2.44. The first kappa shape index (κ1) is 23.1. The van der Waals surface area contributed by atoms with Gasteiger partial charge in [-0.15, -0.1) is 0 Å². The predicted molar refractivity (Wildman–Crippen MR) is 135 cm³/mol. The Hall–Kier alpha value is -3.65. The Balaban J connectivity index is 1.70. The molecule has 2 aromatic heterocycles. The number of alkyl halides is 3. The maximum Gasteiger partial charge on any atom is 0.418 e. The molecule has 4 nitrogen and oxygen atoms in total. The number of thiocarbonyl (C=S) groups is 1. The number of hydrogen-bond donors (Lipinski definition) is 1. The van der Waals surface area contributed by atoms with Crippen molar-refractivity contribution in [1.29, 1.82) is 0 Å². The topological polar surface area (TPSA) is 33.1 Å². The molecule has 178 valence electrons. The Morgan fingerprint density at radius 2 is 1.60 bits per heavy atom. The lowest BCUT2D eigenvalue weighted by molar-refractivity contribution is -0.137. The number of pyridine rings is 1. The smallest absolute Gasteiger partial charge is 0.351 e. The van der Waals surface area contributed by atoms with E-state index >= 15 is 0 Å². The van der Waals surface area contributed by atoms with E-state index in [1.807, 2.05) is 73.3 Å². The minimum Gasteiger partial charge on any atom is -0.351 e. The number of hydrogen-bond acceptors (Lipinski definition) is 2. The van der Waals surface area contributed by atoms with Gasteiger partial charge in [0.1, 0.15) is 0 Å². The zero-order valence-corrected chi connectivity index (χ0v) is 19.9. The standard InChI is InChI=1S/C27H23F3N4S/c1-17-16-20(18(2)33(17)23-14-7-6-12-21(23)27(28,29)30)25-24(22-13-8-9-15-31-22)32-26(35)34(25)19-10-4-3-5-11-19/h3-16,24-25H,1-2H3,(H,32,35)/t24-,25-/m0/s1. The van der Waals surface area contributed by atoms with Crippen molar-refractivity contribution in [2.75, 3.05) is 4.90 Å². The summed E-state index contributed by atoms with van der Waals surface area (Å²) in [6.45, 7) is 3.68. The van der Waals surface area contributed by atoms with Crippen LogP contribution < -0.4 is 10.2 Å². The van der Waals surface area contributed by atoms with Gasteiger partial charge in [-0.1, -0.05) is 36.4 Å². The average molecular weight is 493 g/mol. The number of rotatable bonds is 4. The number of aryl methyl sites for hydroxylation is 1. The molecule has 0 radical (unpaired) electrons. The van der Waals surface area contributed by atoms with Crippen LogP contribution in [0, 0.1) is 13.8 Å². The summed E-state index contributed by atoms with van der Waals surface area (Å²) in [5.41, 5.74) is 3.45. The lowest BCUT2D eigenvalue weighted by Crippen LogP contribution is -2.29. The molecule has 3 heterocycles. The molecule has 0 amide bonds. The Kier molecular flexibility index (Phi) is 5.84. The predicted octanol–water partition coefficient (Wildman–Crippen LogP) is 6.69. The van der Waals surface area contributed by atoms with Gasteiger partial charge in [-0.05, 0) is 74.1 Å². The summed E-state index contributed by atoms with van der Waals surface area (Å²) < 4.78 is 43.3. The van der Waals surface area contributed by atoms with Crippen LogP contribution >= 0.6 is 12.2 Å². The van der Waals surface area contributed by atoms with Gasteiger partial charge in [-0.2, -0.15) is 13.2 Å². The maximum atomic E-state index is 13.9. The molecule has 0 aliphatic carbocycles. The van der Waals surface area contributed by atoms with Gasteiger partial charge in [0.25, 0.3) is 0 Å². The third-order valence-corrected chi connectivity index (χ3v) is 6.69. The van der Waals surface area contributed by atoms with Gasteiger partial charge >= 0.3 is 6.18 Å². The van der Waals surface area contributed by atoms with Gasteiger partial charge < -0.3 is 14.8 Å². The number of nitrogens with zero attached hydrogens (tertiary/aromatic N) is 3. The van der Waals surface area contributed by atoms with E-state index < -0.39 is 11.7 Å². The van der Waals surface area contributed by atoms with E-state index in [4.69, 9.17) is 12.2 Å². The highest BCUT2D eigenvalue weighted by atomic mass is 32.1. The van der Waals surface area contributed by atoms with Gasteiger partial charge in [0.2, 0.25) is 0 Å². The first-order chi connectivity index (χ1) is 16.8. The Morgan fingerprint density at radius 1 is 0.914 bits per heavy atom. The fraction of sp³-hybridized carbons (Fsp3) is 0.185. The van der Waals surface area contributed by atoms with Crippen LogP contribution in [0.4, 0.5) is 18.9 Å². The van der Waals surface area contributed by atoms with E-state index in [1.165, 1.54) is 12.1 Å². The van der Waals surface area contributed by atoms with Crippen molar-refractivity contribution in [2.45, 2.75) is 32.1 Å². The third-order valence-electron chi connectivity index (χ3n) is 6.37. The van der Waals surface area contributed by atoms with Gasteiger partial charge in [-0.3, -0.25) is 4.98 Å². The minimum absolute atomic E-state index is 0.107. The Bertz CT molecular complexity index is 1370. The van der Waals surface area contributed by atoms with Crippen molar-refractivity contribution in [2.24, 2.45) is 0 Å². The fourth-order valence-electron chi connectivity index (χ4n) is 4.90. The normalized spacial score (nSPS) is 18.1. The minimum atomic E-state index is -4.47. The summed E-state index contributed by atoms with van der Waals surface area (Å²) in [4.78, 5) is 6.58. The molecule has 8 heteroatoms. The first-order valence-electron chi connectivity index (χ1n) is 11.2. The molecule has 0 bridgehead atoms.